The number of hydrogen-bond donors (Lipinski definition) is 2. The van der Waals surface area contributed by atoms with Gasteiger partial charge in [0, 0.05) is 5.56 Å². The lowest BCUT2D eigenvalue weighted by Gasteiger charge is -2.15. The van der Waals surface area contributed by atoms with Gasteiger partial charge in [-0.25, -0.2) is 0 Å². The van der Waals surface area contributed by atoms with Crippen LogP contribution in [0.3, 0.4) is 0 Å². The van der Waals surface area contributed by atoms with Crippen LogP contribution in [0.15, 0.2) is 42.5 Å². The van der Waals surface area contributed by atoms with Gasteiger partial charge in [-0.15, -0.1) is 0 Å². The Bertz CT molecular complexity index is 767. The van der Waals surface area contributed by atoms with E-state index in [2.05, 4.69) is 5.32 Å². The maximum atomic E-state index is 12.1. The number of benzene rings is 2. The molecule has 2 rings (SSSR count). The fourth-order valence-corrected chi connectivity index (χ4v) is 2.26. The van der Waals surface area contributed by atoms with Crippen LogP contribution in [-0.4, -0.2) is 23.7 Å². The smallest absolute Gasteiger partial charge is 0.251 e. The summed E-state index contributed by atoms with van der Waals surface area (Å²) in [6, 6.07) is 13.2. The van der Waals surface area contributed by atoms with Crippen molar-refractivity contribution in [1.82, 2.24) is 5.32 Å². The number of nitrogens with one attached hydrogen (secondary N) is 1. The number of carbonyl (C=O) groups is 1. The zero-order valence-corrected chi connectivity index (χ0v) is 13.9. The van der Waals surface area contributed by atoms with E-state index in [0.29, 0.717) is 29.0 Å². The second-order valence-corrected chi connectivity index (χ2v) is 5.52. The van der Waals surface area contributed by atoms with Crippen LogP contribution in [0.1, 0.15) is 29.3 Å². The van der Waals surface area contributed by atoms with Gasteiger partial charge in [0.25, 0.3) is 5.91 Å². The summed E-state index contributed by atoms with van der Waals surface area (Å²) in [4.78, 5) is 12.1. The van der Waals surface area contributed by atoms with Crippen LogP contribution >= 0.6 is 11.6 Å². The first-order chi connectivity index (χ1) is 11.6. The third-order valence-electron chi connectivity index (χ3n) is 3.47. The van der Waals surface area contributed by atoms with Crippen LogP contribution in [0, 0.1) is 11.3 Å². The molecule has 24 heavy (non-hydrogen) atoms. The van der Waals surface area contributed by atoms with Crippen LogP contribution < -0.4 is 10.1 Å². The van der Waals surface area contributed by atoms with Gasteiger partial charge in [-0.1, -0.05) is 30.7 Å². The van der Waals surface area contributed by atoms with Gasteiger partial charge < -0.3 is 15.2 Å². The molecule has 1 atom stereocenters. The molecule has 2 N–H and O–H groups in total. The van der Waals surface area contributed by atoms with Crippen LogP contribution in [0.4, 0.5) is 0 Å². The average molecular weight is 345 g/mol. The average Bonchev–Trinajstić information content (AvgIpc) is 2.61. The summed E-state index contributed by atoms with van der Waals surface area (Å²) >= 11 is 6.19. The van der Waals surface area contributed by atoms with E-state index in [1.54, 1.807) is 36.4 Å². The molecule has 0 spiro atoms. The Labute approximate surface area is 145 Å². The van der Waals surface area contributed by atoms with Gasteiger partial charge in [-0.05, 0) is 36.8 Å². The molecule has 2 aromatic carbocycles. The summed E-state index contributed by atoms with van der Waals surface area (Å²) < 4.78 is 5.66. The first-order valence-electron chi connectivity index (χ1n) is 7.47. The maximum Gasteiger partial charge on any atom is 0.251 e. The van der Waals surface area contributed by atoms with E-state index in [1.165, 1.54) is 6.07 Å². The predicted molar refractivity (Wildman–Crippen MR) is 91.3 cm³/mol. The summed E-state index contributed by atoms with van der Waals surface area (Å²) in [7, 11) is 0. The zero-order chi connectivity index (χ0) is 17.5. The molecule has 1 amide bonds. The molecule has 0 aromatic heterocycles. The van der Waals surface area contributed by atoms with Crippen molar-refractivity contribution in [3.05, 3.63) is 58.6 Å². The van der Waals surface area contributed by atoms with E-state index < -0.39 is 0 Å². The predicted octanol–water partition coefficient (Wildman–Crippen LogP) is 3.50. The zero-order valence-electron chi connectivity index (χ0n) is 13.1. The van der Waals surface area contributed by atoms with Gasteiger partial charge in [-0.2, -0.15) is 5.26 Å². The highest BCUT2D eigenvalue weighted by Crippen LogP contribution is 2.31. The van der Waals surface area contributed by atoms with Gasteiger partial charge in [0.05, 0.1) is 23.2 Å². The molecule has 0 saturated carbocycles. The van der Waals surface area contributed by atoms with Gasteiger partial charge in [0.2, 0.25) is 0 Å². The van der Waals surface area contributed by atoms with Crippen molar-refractivity contribution in [1.29, 1.82) is 5.26 Å². The Hall–Kier alpha value is -2.55. The number of para-hydroxylation sites is 1. The Morgan fingerprint density at radius 2 is 2.08 bits per heavy atom. The number of amides is 1. The Balaban J connectivity index is 2.18. The number of nitriles is 1. The van der Waals surface area contributed by atoms with Gasteiger partial charge in [0.1, 0.15) is 17.6 Å². The minimum atomic E-state index is -0.318. The molecule has 2 aromatic rings. The number of hydrogen-bond acceptors (Lipinski definition) is 4. The van der Waals surface area contributed by atoms with E-state index in [4.69, 9.17) is 26.7 Å². The van der Waals surface area contributed by atoms with E-state index in [0.717, 1.165) is 0 Å². The SMILES string of the molecule is CCC(CO)NC(=O)c1ccc(Oc2ccccc2C#N)c(Cl)c1. The lowest BCUT2D eigenvalue weighted by molar-refractivity contribution is 0.0915. The highest BCUT2D eigenvalue weighted by molar-refractivity contribution is 6.32. The summed E-state index contributed by atoms with van der Waals surface area (Å²) in [5.41, 5.74) is 0.761. The molecule has 0 radical (unpaired) electrons. The number of aliphatic hydroxyl groups is 1. The van der Waals surface area contributed by atoms with Crippen LogP contribution in [0.25, 0.3) is 0 Å². The molecular formula is C18H17ClN2O3. The Morgan fingerprint density at radius 1 is 1.33 bits per heavy atom. The van der Waals surface area contributed by atoms with Gasteiger partial charge in [-0.3, -0.25) is 4.79 Å². The fourth-order valence-electron chi connectivity index (χ4n) is 2.04. The highest BCUT2D eigenvalue weighted by atomic mass is 35.5. The van der Waals surface area contributed by atoms with Crippen molar-refractivity contribution in [2.45, 2.75) is 19.4 Å². The van der Waals surface area contributed by atoms with E-state index in [9.17, 15) is 4.79 Å². The summed E-state index contributed by atoms with van der Waals surface area (Å²) in [5, 5.41) is 21.2. The minimum absolute atomic E-state index is 0.123. The second kappa shape index (κ2) is 8.34. The third-order valence-corrected chi connectivity index (χ3v) is 3.77. The summed E-state index contributed by atoms with van der Waals surface area (Å²) in [6.45, 7) is 1.75. The molecule has 0 heterocycles. The summed E-state index contributed by atoms with van der Waals surface area (Å²) in [6.07, 6.45) is 0.627. The molecule has 6 heteroatoms. The topological polar surface area (TPSA) is 82.3 Å². The number of carbonyl (C=O) groups excluding carboxylic acids is 1. The molecule has 0 aliphatic heterocycles. The molecule has 5 nitrogen and oxygen atoms in total. The second-order valence-electron chi connectivity index (χ2n) is 5.12. The molecule has 0 aliphatic rings. The standard InChI is InChI=1S/C18H17ClN2O3/c1-2-14(11-22)21-18(23)12-7-8-17(15(19)9-12)24-16-6-4-3-5-13(16)10-20/h3-9,14,22H,2,11H2,1H3,(H,21,23). The molecule has 0 bridgehead atoms. The Kier molecular flexibility index (Phi) is 6.19. The van der Waals surface area contributed by atoms with Crippen molar-refractivity contribution in [2.75, 3.05) is 6.61 Å². The molecule has 1 unspecified atom stereocenters. The van der Waals surface area contributed by atoms with E-state index >= 15 is 0 Å². The van der Waals surface area contributed by atoms with Crippen molar-refractivity contribution < 1.29 is 14.6 Å². The quantitative estimate of drug-likeness (QED) is 0.840. The number of nitrogens with zero attached hydrogens (tertiary/aromatic N) is 1. The number of halogens is 1. The number of rotatable bonds is 6. The van der Waals surface area contributed by atoms with Crippen molar-refractivity contribution in [2.24, 2.45) is 0 Å². The monoisotopic (exact) mass is 344 g/mol. The molecule has 0 aliphatic carbocycles. The first-order valence-corrected chi connectivity index (χ1v) is 7.85. The maximum absolute atomic E-state index is 12.1. The van der Waals surface area contributed by atoms with Crippen LogP contribution in [0.5, 0.6) is 11.5 Å². The van der Waals surface area contributed by atoms with Crippen molar-refractivity contribution in [3.63, 3.8) is 0 Å². The molecule has 0 saturated heterocycles. The normalized spacial score (nSPS) is 11.4. The highest BCUT2D eigenvalue weighted by Gasteiger charge is 2.14. The van der Waals surface area contributed by atoms with Gasteiger partial charge >= 0.3 is 0 Å². The number of aliphatic hydroxyl groups excluding tert-OH is 1. The van der Waals surface area contributed by atoms with Crippen molar-refractivity contribution >= 4 is 17.5 Å². The lowest BCUT2D eigenvalue weighted by Crippen LogP contribution is -2.36. The number of ether oxygens (including phenoxy) is 1. The largest absolute Gasteiger partial charge is 0.454 e. The lowest BCUT2D eigenvalue weighted by atomic mass is 10.1. The molecular weight excluding hydrogens is 328 g/mol. The molecule has 124 valence electrons. The first kappa shape index (κ1) is 17.8. The summed E-state index contributed by atoms with van der Waals surface area (Å²) in [5.74, 6) is 0.428. The molecule has 0 fully saturated rings. The van der Waals surface area contributed by atoms with Crippen LogP contribution in [0.2, 0.25) is 5.02 Å². The van der Waals surface area contributed by atoms with Crippen LogP contribution in [-0.2, 0) is 0 Å². The van der Waals surface area contributed by atoms with E-state index in [-0.39, 0.29) is 23.6 Å². The minimum Gasteiger partial charge on any atom is -0.454 e. The Morgan fingerprint density at radius 3 is 2.71 bits per heavy atom. The third kappa shape index (κ3) is 4.25. The van der Waals surface area contributed by atoms with E-state index in [1.807, 2.05) is 13.0 Å². The fraction of sp³-hybridized carbons (Fsp3) is 0.222. The van der Waals surface area contributed by atoms with Crippen molar-refractivity contribution in [3.8, 4) is 17.6 Å². The van der Waals surface area contributed by atoms with Gasteiger partial charge in [0.15, 0.2) is 0 Å².